The van der Waals surface area contributed by atoms with Crippen LogP contribution in [-0.2, 0) is 16.0 Å². The topological polar surface area (TPSA) is 70.5 Å². The van der Waals surface area contributed by atoms with Gasteiger partial charge >= 0.3 is 5.97 Å². The van der Waals surface area contributed by atoms with Gasteiger partial charge in [0.15, 0.2) is 0 Å². The number of carbonyl (C=O) groups is 2. The SMILES string of the molecule is CC1CCC(C(=O)O)CN1C(=O)Cc1csc(-c2ccccc2Cl)n1. The standard InChI is InChI=1S/C18H19ClN2O3S/c1-11-6-7-12(18(23)24)9-21(11)16(22)8-13-10-25-17(20-13)14-4-2-3-5-15(14)19/h2-5,10-12H,6-9H2,1H3,(H,23,24). The number of benzene rings is 1. The fourth-order valence-corrected chi connectivity index (χ4v) is 4.20. The maximum Gasteiger partial charge on any atom is 0.308 e. The van der Waals surface area contributed by atoms with Crippen molar-refractivity contribution in [1.29, 1.82) is 0 Å². The lowest BCUT2D eigenvalue weighted by molar-refractivity contribution is -0.147. The molecule has 1 aromatic heterocycles. The van der Waals surface area contributed by atoms with Gasteiger partial charge in [-0.15, -0.1) is 11.3 Å². The molecule has 0 saturated carbocycles. The number of rotatable bonds is 4. The summed E-state index contributed by atoms with van der Waals surface area (Å²) in [5.74, 6) is -1.39. The number of amides is 1. The third-order valence-corrected chi connectivity index (χ3v) is 5.79. The van der Waals surface area contributed by atoms with E-state index in [0.717, 1.165) is 10.6 Å². The van der Waals surface area contributed by atoms with Crippen LogP contribution in [0.3, 0.4) is 0 Å². The second-order valence-electron chi connectivity index (χ2n) is 6.31. The van der Waals surface area contributed by atoms with E-state index in [4.69, 9.17) is 11.6 Å². The largest absolute Gasteiger partial charge is 0.481 e. The van der Waals surface area contributed by atoms with Gasteiger partial charge in [-0.05, 0) is 25.8 Å². The van der Waals surface area contributed by atoms with Crippen LogP contribution in [0.25, 0.3) is 10.6 Å². The van der Waals surface area contributed by atoms with Gasteiger partial charge in [0.25, 0.3) is 0 Å². The first-order valence-electron chi connectivity index (χ1n) is 8.17. The smallest absolute Gasteiger partial charge is 0.308 e. The van der Waals surface area contributed by atoms with Crippen LogP contribution >= 0.6 is 22.9 Å². The molecule has 1 fully saturated rings. The highest BCUT2D eigenvalue weighted by atomic mass is 35.5. The van der Waals surface area contributed by atoms with E-state index in [1.165, 1.54) is 11.3 Å². The van der Waals surface area contributed by atoms with Crippen LogP contribution in [0.4, 0.5) is 0 Å². The normalized spacial score (nSPS) is 20.5. The minimum absolute atomic E-state index is 0.0600. The summed E-state index contributed by atoms with van der Waals surface area (Å²) >= 11 is 7.65. The summed E-state index contributed by atoms with van der Waals surface area (Å²) in [4.78, 5) is 30.1. The van der Waals surface area contributed by atoms with Crippen molar-refractivity contribution in [2.24, 2.45) is 5.92 Å². The fraction of sp³-hybridized carbons (Fsp3) is 0.389. The molecule has 2 atom stereocenters. The quantitative estimate of drug-likeness (QED) is 0.880. The summed E-state index contributed by atoms with van der Waals surface area (Å²) in [7, 11) is 0. The second kappa shape index (κ2) is 7.54. The molecule has 7 heteroatoms. The Labute approximate surface area is 155 Å². The van der Waals surface area contributed by atoms with Crippen molar-refractivity contribution >= 4 is 34.8 Å². The Morgan fingerprint density at radius 3 is 2.84 bits per heavy atom. The number of piperidine rings is 1. The van der Waals surface area contributed by atoms with Crippen molar-refractivity contribution in [2.75, 3.05) is 6.54 Å². The molecule has 0 radical (unpaired) electrons. The van der Waals surface area contributed by atoms with Crippen molar-refractivity contribution in [1.82, 2.24) is 9.88 Å². The average molecular weight is 379 g/mol. The summed E-state index contributed by atoms with van der Waals surface area (Å²) in [6.07, 6.45) is 1.51. The number of thiazole rings is 1. The highest BCUT2D eigenvalue weighted by molar-refractivity contribution is 7.13. The number of carboxylic acid groups (broad SMARTS) is 1. The Kier molecular flexibility index (Phi) is 5.39. The minimum Gasteiger partial charge on any atom is -0.481 e. The van der Waals surface area contributed by atoms with Crippen LogP contribution in [0.15, 0.2) is 29.6 Å². The van der Waals surface area contributed by atoms with E-state index < -0.39 is 11.9 Å². The summed E-state index contributed by atoms with van der Waals surface area (Å²) in [5, 5.41) is 12.5. The molecular formula is C18H19ClN2O3S. The van der Waals surface area contributed by atoms with Gasteiger partial charge in [0.1, 0.15) is 5.01 Å². The van der Waals surface area contributed by atoms with E-state index in [1.54, 1.807) is 4.90 Å². The van der Waals surface area contributed by atoms with Gasteiger partial charge in [0.2, 0.25) is 5.91 Å². The van der Waals surface area contributed by atoms with E-state index >= 15 is 0 Å². The molecule has 0 bridgehead atoms. The van der Waals surface area contributed by atoms with Gasteiger partial charge in [-0.25, -0.2) is 4.98 Å². The van der Waals surface area contributed by atoms with Crippen molar-refractivity contribution in [3.8, 4) is 10.6 Å². The van der Waals surface area contributed by atoms with Crippen LogP contribution in [0.2, 0.25) is 5.02 Å². The van der Waals surface area contributed by atoms with Crippen molar-refractivity contribution < 1.29 is 14.7 Å². The first-order valence-corrected chi connectivity index (χ1v) is 9.43. The lowest BCUT2D eigenvalue weighted by atomic mass is 9.93. The lowest BCUT2D eigenvalue weighted by Crippen LogP contribution is -2.47. The molecule has 1 aromatic carbocycles. The summed E-state index contributed by atoms with van der Waals surface area (Å²) in [5.41, 5.74) is 1.54. The molecule has 132 valence electrons. The predicted octanol–water partition coefficient (Wildman–Crippen LogP) is 3.72. The number of carboxylic acids is 1. The predicted molar refractivity (Wildman–Crippen MR) is 97.8 cm³/mol. The molecule has 5 nitrogen and oxygen atoms in total. The molecule has 1 amide bonds. The second-order valence-corrected chi connectivity index (χ2v) is 7.57. The summed E-state index contributed by atoms with van der Waals surface area (Å²) in [6.45, 7) is 2.24. The number of nitrogens with zero attached hydrogens (tertiary/aromatic N) is 2. The van der Waals surface area contributed by atoms with Crippen LogP contribution in [0.1, 0.15) is 25.5 Å². The van der Waals surface area contributed by atoms with Crippen molar-refractivity contribution in [3.05, 3.63) is 40.4 Å². The highest BCUT2D eigenvalue weighted by Gasteiger charge is 2.32. The Morgan fingerprint density at radius 2 is 2.12 bits per heavy atom. The molecule has 1 aliphatic rings. The van der Waals surface area contributed by atoms with Crippen LogP contribution in [0.5, 0.6) is 0 Å². The maximum absolute atomic E-state index is 12.6. The highest BCUT2D eigenvalue weighted by Crippen LogP contribution is 2.30. The summed E-state index contributed by atoms with van der Waals surface area (Å²) in [6, 6.07) is 7.53. The van der Waals surface area contributed by atoms with Gasteiger partial charge < -0.3 is 10.0 Å². The molecule has 1 saturated heterocycles. The third kappa shape index (κ3) is 4.02. The van der Waals surface area contributed by atoms with Gasteiger partial charge in [0.05, 0.1) is 23.1 Å². The van der Waals surface area contributed by atoms with E-state index in [9.17, 15) is 14.7 Å². The number of halogens is 1. The van der Waals surface area contributed by atoms with Crippen LogP contribution < -0.4 is 0 Å². The van der Waals surface area contributed by atoms with Crippen LogP contribution in [0, 0.1) is 5.92 Å². The molecular weight excluding hydrogens is 360 g/mol. The van der Waals surface area contributed by atoms with Gasteiger partial charge in [-0.2, -0.15) is 0 Å². The number of aromatic nitrogens is 1. The average Bonchev–Trinajstić information content (AvgIpc) is 3.03. The number of carbonyl (C=O) groups excluding carboxylic acids is 1. The first kappa shape index (κ1) is 17.9. The van der Waals surface area contributed by atoms with Crippen molar-refractivity contribution in [3.63, 3.8) is 0 Å². The fourth-order valence-electron chi connectivity index (χ4n) is 3.06. The van der Waals surface area contributed by atoms with E-state index in [-0.39, 0.29) is 24.9 Å². The Bertz CT molecular complexity index is 792. The molecule has 1 aliphatic heterocycles. The molecule has 0 spiro atoms. The van der Waals surface area contributed by atoms with Gasteiger partial charge in [0, 0.05) is 23.5 Å². The number of aliphatic carboxylic acids is 1. The monoisotopic (exact) mass is 378 g/mol. The number of hydrogen-bond acceptors (Lipinski definition) is 4. The molecule has 25 heavy (non-hydrogen) atoms. The van der Waals surface area contributed by atoms with Crippen LogP contribution in [-0.4, -0.2) is 39.5 Å². The minimum atomic E-state index is -0.834. The molecule has 2 unspecified atom stereocenters. The lowest BCUT2D eigenvalue weighted by Gasteiger charge is -2.36. The zero-order valence-electron chi connectivity index (χ0n) is 13.8. The molecule has 2 aromatic rings. The van der Waals surface area contributed by atoms with Gasteiger partial charge in [-0.1, -0.05) is 29.8 Å². The van der Waals surface area contributed by atoms with E-state index in [2.05, 4.69) is 4.98 Å². The number of likely N-dealkylation sites (tertiary alicyclic amines) is 1. The van der Waals surface area contributed by atoms with E-state index in [1.807, 2.05) is 36.6 Å². The van der Waals surface area contributed by atoms with Crippen molar-refractivity contribution in [2.45, 2.75) is 32.2 Å². The molecule has 3 rings (SSSR count). The summed E-state index contributed by atoms with van der Waals surface area (Å²) < 4.78 is 0. The molecule has 1 N–H and O–H groups in total. The maximum atomic E-state index is 12.6. The Balaban J connectivity index is 1.71. The number of hydrogen-bond donors (Lipinski definition) is 1. The zero-order valence-corrected chi connectivity index (χ0v) is 15.4. The van der Waals surface area contributed by atoms with E-state index in [0.29, 0.717) is 23.6 Å². The molecule has 2 heterocycles. The zero-order chi connectivity index (χ0) is 18.0. The van der Waals surface area contributed by atoms with Gasteiger partial charge in [-0.3, -0.25) is 9.59 Å². The Morgan fingerprint density at radius 1 is 1.36 bits per heavy atom. The third-order valence-electron chi connectivity index (χ3n) is 4.54. The Hall–Kier alpha value is -1.92. The first-order chi connectivity index (χ1) is 12.0. The molecule has 0 aliphatic carbocycles.